The van der Waals surface area contributed by atoms with Crippen LogP contribution < -0.4 is 0 Å². The Hall–Kier alpha value is 0.270. The lowest BCUT2D eigenvalue weighted by Gasteiger charge is -2.02. The lowest BCUT2D eigenvalue weighted by atomic mass is 10.2. The maximum atomic E-state index is 2.22. The Morgan fingerprint density at radius 3 is 2.23 bits per heavy atom. The van der Waals surface area contributed by atoms with E-state index in [9.17, 15) is 0 Å². The van der Waals surface area contributed by atoms with Crippen molar-refractivity contribution in [2.75, 3.05) is 0 Å². The minimum atomic E-state index is 0.697. The molecule has 0 aliphatic carbocycles. The highest BCUT2D eigenvalue weighted by Crippen LogP contribution is 2.42. The van der Waals surface area contributed by atoms with Crippen molar-refractivity contribution in [2.45, 2.75) is 30.9 Å². The van der Waals surface area contributed by atoms with E-state index in [1.165, 1.54) is 10.5 Å². The zero-order valence-electron chi connectivity index (χ0n) is 8.11. The summed E-state index contributed by atoms with van der Waals surface area (Å²) in [6, 6.07) is 8.66. The summed E-state index contributed by atoms with van der Waals surface area (Å²) in [6.45, 7) is 6.55. The maximum Gasteiger partial charge on any atom is 0.0191 e. The average Bonchev–Trinajstić information content (AvgIpc) is 2.08. The van der Waals surface area contributed by atoms with Gasteiger partial charge in [0.15, 0.2) is 0 Å². The second-order valence-corrected chi connectivity index (χ2v) is 7.73. The number of rotatable bonds is 4. The van der Waals surface area contributed by atoms with Gasteiger partial charge in [-0.05, 0) is 39.7 Å². The molecule has 0 N–H and O–H groups in total. The van der Waals surface area contributed by atoms with Crippen LogP contribution in [-0.2, 0) is 0 Å². The van der Waals surface area contributed by atoms with Gasteiger partial charge in [0, 0.05) is 10.1 Å². The van der Waals surface area contributed by atoms with Crippen molar-refractivity contribution < 1.29 is 0 Å². The topological polar surface area (TPSA) is 0 Å². The summed E-state index contributed by atoms with van der Waals surface area (Å²) in [6.07, 6.45) is 0. The molecule has 0 saturated heterocycles. The van der Waals surface area contributed by atoms with E-state index in [1.807, 2.05) is 31.4 Å². The zero-order valence-corrected chi connectivity index (χ0v) is 10.6. The molecule has 3 heteroatoms. The monoisotopic (exact) mass is 230 g/mol. The highest BCUT2D eigenvalue weighted by atomic mass is 33.5. The molecule has 13 heavy (non-hydrogen) atoms. The summed E-state index contributed by atoms with van der Waals surface area (Å²) in [5.74, 6) is 0. The van der Waals surface area contributed by atoms with Crippen LogP contribution in [0.1, 0.15) is 19.4 Å². The summed E-state index contributed by atoms with van der Waals surface area (Å²) in [5.41, 5.74) is 1.32. The Kier molecular flexibility index (Phi) is 5.14. The molecule has 0 radical (unpaired) electrons. The Morgan fingerprint density at radius 1 is 1.08 bits per heavy atom. The van der Waals surface area contributed by atoms with Gasteiger partial charge in [-0.25, -0.2) is 0 Å². The van der Waals surface area contributed by atoms with Crippen LogP contribution in [0.2, 0.25) is 0 Å². The minimum Gasteiger partial charge on any atom is -0.0794 e. The molecule has 0 spiro atoms. The third-order valence-corrected chi connectivity index (χ3v) is 5.87. The summed E-state index contributed by atoms with van der Waals surface area (Å²) in [4.78, 5) is 1.34. The first-order chi connectivity index (χ1) is 6.18. The van der Waals surface area contributed by atoms with Gasteiger partial charge in [0.2, 0.25) is 0 Å². The van der Waals surface area contributed by atoms with Gasteiger partial charge in [-0.2, -0.15) is 0 Å². The third kappa shape index (κ3) is 4.89. The van der Waals surface area contributed by atoms with E-state index in [0.717, 1.165) is 0 Å². The van der Waals surface area contributed by atoms with E-state index in [2.05, 4.69) is 45.0 Å². The number of hydrogen-bond acceptors (Lipinski definition) is 3. The van der Waals surface area contributed by atoms with Crippen molar-refractivity contribution in [1.82, 2.24) is 0 Å². The summed E-state index contributed by atoms with van der Waals surface area (Å²) in [5, 5.41) is 0.697. The van der Waals surface area contributed by atoms with E-state index in [4.69, 9.17) is 0 Å². The Bertz CT molecular complexity index is 241. The van der Waals surface area contributed by atoms with Gasteiger partial charge in [-0.3, -0.25) is 0 Å². The van der Waals surface area contributed by atoms with E-state index in [0.29, 0.717) is 5.25 Å². The summed E-state index contributed by atoms with van der Waals surface area (Å²) in [7, 11) is 5.60. The first-order valence-electron chi connectivity index (χ1n) is 4.25. The Labute approximate surface area is 92.1 Å². The van der Waals surface area contributed by atoms with Crippen LogP contribution in [0, 0.1) is 6.92 Å². The Balaban J connectivity index is 2.33. The molecule has 0 amide bonds. The molecule has 0 aromatic heterocycles. The molecule has 72 valence electrons. The fourth-order valence-corrected chi connectivity index (χ4v) is 4.89. The molecule has 0 unspecified atom stereocenters. The third-order valence-electron chi connectivity index (χ3n) is 1.38. The van der Waals surface area contributed by atoms with E-state index < -0.39 is 0 Å². The summed E-state index contributed by atoms with van der Waals surface area (Å²) < 4.78 is 0. The van der Waals surface area contributed by atoms with Gasteiger partial charge >= 0.3 is 0 Å². The average molecular weight is 230 g/mol. The molecule has 0 aliphatic rings. The second-order valence-electron chi connectivity index (χ2n) is 3.11. The molecular formula is C10H14S3. The van der Waals surface area contributed by atoms with Crippen molar-refractivity contribution in [1.29, 1.82) is 0 Å². The van der Waals surface area contributed by atoms with Crippen molar-refractivity contribution in [3.63, 3.8) is 0 Å². The van der Waals surface area contributed by atoms with Crippen LogP contribution in [0.15, 0.2) is 29.2 Å². The van der Waals surface area contributed by atoms with Crippen molar-refractivity contribution in [3.8, 4) is 0 Å². The fraction of sp³-hybridized carbons (Fsp3) is 0.400. The first-order valence-corrected chi connectivity index (χ1v) is 7.80. The molecule has 0 nitrogen and oxygen atoms in total. The van der Waals surface area contributed by atoms with Gasteiger partial charge in [-0.15, -0.1) is 0 Å². The molecule has 1 aromatic rings. The number of benzene rings is 1. The lowest BCUT2D eigenvalue weighted by molar-refractivity contribution is 1.12. The molecular weight excluding hydrogens is 216 g/mol. The van der Waals surface area contributed by atoms with Crippen LogP contribution in [0.4, 0.5) is 0 Å². The highest BCUT2D eigenvalue weighted by Gasteiger charge is 1.97. The van der Waals surface area contributed by atoms with Crippen LogP contribution in [-0.4, -0.2) is 5.25 Å². The van der Waals surface area contributed by atoms with Crippen LogP contribution in [0.5, 0.6) is 0 Å². The molecule has 0 fully saturated rings. The highest BCUT2D eigenvalue weighted by molar-refractivity contribution is 9.09. The summed E-state index contributed by atoms with van der Waals surface area (Å²) >= 11 is 0. The molecule has 0 atom stereocenters. The predicted molar refractivity (Wildman–Crippen MR) is 67.4 cm³/mol. The van der Waals surface area contributed by atoms with Crippen LogP contribution in [0.25, 0.3) is 0 Å². The quantitative estimate of drug-likeness (QED) is 0.682. The standard InChI is InChI=1S/C10H14S3/c1-8(2)11-13-12-10-6-4-9(3)5-7-10/h4-8H,1-3H3. The zero-order chi connectivity index (χ0) is 9.68. The SMILES string of the molecule is Cc1ccc(SSSC(C)C)cc1. The van der Waals surface area contributed by atoms with Crippen LogP contribution in [0.3, 0.4) is 0 Å². The normalized spacial score (nSPS) is 10.8. The van der Waals surface area contributed by atoms with E-state index in [1.54, 1.807) is 0 Å². The van der Waals surface area contributed by atoms with Gasteiger partial charge in [0.25, 0.3) is 0 Å². The fourth-order valence-electron chi connectivity index (χ4n) is 0.731. The predicted octanol–water partition coefficient (Wildman–Crippen LogP) is 4.79. The smallest absolute Gasteiger partial charge is 0.0191 e. The van der Waals surface area contributed by atoms with Gasteiger partial charge < -0.3 is 0 Å². The van der Waals surface area contributed by atoms with Crippen molar-refractivity contribution >= 4 is 31.4 Å². The molecule has 1 rings (SSSR count). The largest absolute Gasteiger partial charge is 0.0794 e. The molecule has 0 heterocycles. The molecule has 0 aliphatic heterocycles. The number of hydrogen-bond donors (Lipinski definition) is 0. The molecule has 0 saturated carbocycles. The van der Waals surface area contributed by atoms with Gasteiger partial charge in [-0.1, -0.05) is 42.3 Å². The maximum absolute atomic E-state index is 2.22. The Morgan fingerprint density at radius 2 is 1.69 bits per heavy atom. The van der Waals surface area contributed by atoms with Crippen LogP contribution >= 0.6 is 31.4 Å². The molecule has 1 aromatic carbocycles. The van der Waals surface area contributed by atoms with Gasteiger partial charge in [0.05, 0.1) is 0 Å². The number of aryl methyl sites for hydroxylation is 1. The van der Waals surface area contributed by atoms with Gasteiger partial charge in [0.1, 0.15) is 0 Å². The minimum absolute atomic E-state index is 0.697. The molecule has 0 bridgehead atoms. The van der Waals surface area contributed by atoms with E-state index in [-0.39, 0.29) is 0 Å². The first kappa shape index (κ1) is 11.3. The van der Waals surface area contributed by atoms with Crippen molar-refractivity contribution in [2.24, 2.45) is 0 Å². The lowest BCUT2D eigenvalue weighted by Crippen LogP contribution is -1.78. The van der Waals surface area contributed by atoms with E-state index >= 15 is 0 Å². The second kappa shape index (κ2) is 5.89. The van der Waals surface area contributed by atoms with Crippen molar-refractivity contribution in [3.05, 3.63) is 29.8 Å².